The number of rotatable bonds is 7. The van der Waals surface area contributed by atoms with E-state index in [4.69, 9.17) is 16.9 Å². The number of nitrogens with one attached hydrogen (secondary N) is 1. The summed E-state index contributed by atoms with van der Waals surface area (Å²) in [6.45, 7) is 2.39. The molecule has 0 unspecified atom stereocenters. The molecular weight excluding hydrogens is 344 g/mol. The van der Waals surface area contributed by atoms with Crippen LogP contribution < -0.4 is 10.2 Å². The Hall–Kier alpha value is -2.92. The van der Waals surface area contributed by atoms with Crippen LogP contribution in [0.4, 0.5) is 5.69 Å². The molecule has 0 aliphatic heterocycles. The highest BCUT2D eigenvalue weighted by Crippen LogP contribution is 2.26. The lowest BCUT2D eigenvalue weighted by atomic mass is 10.3. The molecule has 25 heavy (non-hydrogen) atoms. The Morgan fingerprint density at radius 1 is 1.48 bits per heavy atom. The lowest BCUT2D eigenvalue weighted by molar-refractivity contribution is -0.120. The maximum Gasteiger partial charge on any atom is 0.234 e. The molecule has 8 nitrogen and oxygen atoms in total. The third-order valence-electron chi connectivity index (χ3n) is 3.37. The molecule has 0 saturated carbocycles. The molecule has 1 N–H and O–H groups in total. The molecule has 0 radical (unpaired) electrons. The van der Waals surface area contributed by atoms with E-state index in [0.717, 1.165) is 5.69 Å². The van der Waals surface area contributed by atoms with E-state index in [-0.39, 0.29) is 30.4 Å². The SMILES string of the molecule is CCN(C(=O)CCNC(=O)CC#N)c1cn(-c2cccnc2)nc1Cl. The number of carbonyl (C=O) groups is 2. The molecule has 0 aromatic carbocycles. The summed E-state index contributed by atoms with van der Waals surface area (Å²) in [7, 11) is 0. The summed E-state index contributed by atoms with van der Waals surface area (Å²) in [6.07, 6.45) is 4.82. The summed E-state index contributed by atoms with van der Waals surface area (Å²) in [4.78, 5) is 29.2. The minimum absolute atomic E-state index is 0.0966. The molecule has 2 aromatic rings. The number of aromatic nitrogens is 3. The van der Waals surface area contributed by atoms with Crippen LogP contribution in [0.3, 0.4) is 0 Å². The number of amides is 2. The Morgan fingerprint density at radius 2 is 2.28 bits per heavy atom. The van der Waals surface area contributed by atoms with Crippen molar-refractivity contribution in [3.8, 4) is 11.8 Å². The van der Waals surface area contributed by atoms with Crippen LogP contribution in [0.1, 0.15) is 19.8 Å². The molecule has 0 aliphatic rings. The number of nitrogens with zero attached hydrogens (tertiary/aromatic N) is 5. The van der Waals surface area contributed by atoms with E-state index in [2.05, 4.69) is 15.4 Å². The first-order chi connectivity index (χ1) is 12.1. The van der Waals surface area contributed by atoms with E-state index in [1.807, 2.05) is 13.0 Å². The van der Waals surface area contributed by atoms with E-state index < -0.39 is 5.91 Å². The van der Waals surface area contributed by atoms with E-state index in [9.17, 15) is 9.59 Å². The van der Waals surface area contributed by atoms with Gasteiger partial charge in [-0.3, -0.25) is 14.6 Å². The van der Waals surface area contributed by atoms with Crippen molar-refractivity contribution in [2.45, 2.75) is 19.8 Å². The maximum absolute atomic E-state index is 12.4. The van der Waals surface area contributed by atoms with Crippen molar-refractivity contribution in [3.05, 3.63) is 35.9 Å². The number of halogens is 1. The highest BCUT2D eigenvalue weighted by molar-refractivity contribution is 6.32. The molecule has 2 aromatic heterocycles. The first-order valence-corrected chi connectivity index (χ1v) is 8.04. The van der Waals surface area contributed by atoms with Gasteiger partial charge in [-0.05, 0) is 19.1 Å². The fourth-order valence-electron chi connectivity index (χ4n) is 2.21. The van der Waals surface area contributed by atoms with Crippen LogP contribution in [0.15, 0.2) is 30.7 Å². The lowest BCUT2D eigenvalue weighted by Gasteiger charge is -2.19. The number of hydrogen-bond acceptors (Lipinski definition) is 5. The second-order valence-electron chi connectivity index (χ2n) is 5.03. The zero-order chi connectivity index (χ0) is 18.2. The van der Waals surface area contributed by atoms with Crippen LogP contribution >= 0.6 is 11.6 Å². The van der Waals surface area contributed by atoms with Crippen molar-refractivity contribution in [2.24, 2.45) is 0 Å². The predicted octanol–water partition coefficient (Wildman–Crippen LogP) is 1.69. The van der Waals surface area contributed by atoms with Gasteiger partial charge >= 0.3 is 0 Å². The van der Waals surface area contributed by atoms with Crippen molar-refractivity contribution >= 4 is 29.1 Å². The molecule has 2 amide bonds. The molecule has 9 heteroatoms. The standard InChI is InChI=1S/C16H17ClN6O2/c1-2-22(15(25)6-9-20-14(24)5-7-18)13-11-23(21-16(13)17)12-4-3-8-19-10-12/h3-4,8,10-11H,2,5-6,9H2,1H3,(H,20,24). The number of hydrogen-bond donors (Lipinski definition) is 1. The smallest absolute Gasteiger partial charge is 0.234 e. The quantitative estimate of drug-likeness (QED) is 0.809. The van der Waals surface area contributed by atoms with Crippen molar-refractivity contribution in [1.82, 2.24) is 20.1 Å². The number of pyridine rings is 1. The summed E-state index contributed by atoms with van der Waals surface area (Å²) < 4.78 is 1.55. The van der Waals surface area contributed by atoms with Gasteiger partial charge in [0.05, 0.1) is 24.2 Å². The van der Waals surface area contributed by atoms with Gasteiger partial charge in [0, 0.05) is 25.7 Å². The predicted molar refractivity (Wildman–Crippen MR) is 92.3 cm³/mol. The topological polar surface area (TPSA) is 104 Å². The van der Waals surface area contributed by atoms with Crippen LogP contribution in [0.2, 0.25) is 5.15 Å². The molecule has 2 rings (SSSR count). The summed E-state index contributed by atoms with van der Waals surface area (Å²) in [5.74, 6) is -0.604. The Morgan fingerprint density at radius 3 is 2.92 bits per heavy atom. The van der Waals surface area contributed by atoms with Gasteiger partial charge in [-0.1, -0.05) is 11.6 Å². The van der Waals surface area contributed by atoms with Crippen molar-refractivity contribution in [1.29, 1.82) is 5.26 Å². The normalized spacial score (nSPS) is 10.1. The van der Waals surface area contributed by atoms with Crippen LogP contribution in [-0.4, -0.2) is 39.7 Å². The zero-order valence-corrected chi connectivity index (χ0v) is 14.4. The van der Waals surface area contributed by atoms with Gasteiger partial charge in [0.25, 0.3) is 0 Å². The van der Waals surface area contributed by atoms with Gasteiger partial charge in [-0.2, -0.15) is 10.4 Å². The number of carbonyl (C=O) groups excluding carboxylic acids is 2. The number of anilines is 1. The first kappa shape index (κ1) is 18.4. The van der Waals surface area contributed by atoms with Crippen LogP contribution in [-0.2, 0) is 9.59 Å². The average molecular weight is 361 g/mol. The largest absolute Gasteiger partial charge is 0.355 e. The molecule has 0 aliphatic carbocycles. The molecule has 0 fully saturated rings. The van der Waals surface area contributed by atoms with E-state index in [0.29, 0.717) is 12.2 Å². The summed E-state index contributed by atoms with van der Waals surface area (Å²) >= 11 is 6.19. The molecular formula is C16H17ClN6O2. The highest BCUT2D eigenvalue weighted by Gasteiger charge is 2.20. The fourth-order valence-corrected chi connectivity index (χ4v) is 2.44. The van der Waals surface area contributed by atoms with Gasteiger partial charge in [0.15, 0.2) is 5.15 Å². The first-order valence-electron chi connectivity index (χ1n) is 7.66. The van der Waals surface area contributed by atoms with E-state index >= 15 is 0 Å². The molecule has 130 valence electrons. The minimum Gasteiger partial charge on any atom is -0.355 e. The van der Waals surface area contributed by atoms with Gasteiger partial charge in [0.2, 0.25) is 11.8 Å². The second-order valence-corrected chi connectivity index (χ2v) is 5.39. The second kappa shape index (κ2) is 8.80. The molecule has 2 heterocycles. The molecule has 0 bridgehead atoms. The Labute approximate surface area is 150 Å². The molecule has 0 saturated heterocycles. The van der Waals surface area contributed by atoms with Crippen LogP contribution in [0, 0.1) is 11.3 Å². The Balaban J connectivity index is 2.07. The van der Waals surface area contributed by atoms with Crippen molar-refractivity contribution < 1.29 is 9.59 Å². The fraction of sp³-hybridized carbons (Fsp3) is 0.312. The van der Waals surface area contributed by atoms with E-state index in [1.54, 1.807) is 35.4 Å². The summed E-state index contributed by atoms with van der Waals surface area (Å²) in [6, 6.07) is 5.35. The lowest BCUT2D eigenvalue weighted by Crippen LogP contribution is -2.34. The van der Waals surface area contributed by atoms with Gasteiger partial charge in [-0.25, -0.2) is 4.68 Å². The van der Waals surface area contributed by atoms with Crippen molar-refractivity contribution in [3.63, 3.8) is 0 Å². The third-order valence-corrected chi connectivity index (χ3v) is 3.64. The highest BCUT2D eigenvalue weighted by atomic mass is 35.5. The molecule has 0 spiro atoms. The van der Waals surface area contributed by atoms with E-state index in [1.165, 1.54) is 4.90 Å². The Kier molecular flexibility index (Phi) is 6.48. The third kappa shape index (κ3) is 4.78. The van der Waals surface area contributed by atoms with Crippen LogP contribution in [0.25, 0.3) is 5.69 Å². The monoisotopic (exact) mass is 360 g/mol. The number of nitriles is 1. The average Bonchev–Trinajstić information content (AvgIpc) is 2.98. The summed E-state index contributed by atoms with van der Waals surface area (Å²) in [5.41, 5.74) is 1.21. The van der Waals surface area contributed by atoms with Gasteiger partial charge < -0.3 is 10.2 Å². The molecule has 0 atom stereocenters. The minimum atomic E-state index is -0.402. The zero-order valence-electron chi connectivity index (χ0n) is 13.6. The van der Waals surface area contributed by atoms with Crippen LogP contribution in [0.5, 0.6) is 0 Å². The Bertz CT molecular complexity index is 784. The van der Waals surface area contributed by atoms with Gasteiger partial charge in [-0.15, -0.1) is 0 Å². The maximum atomic E-state index is 12.4. The van der Waals surface area contributed by atoms with Gasteiger partial charge in [0.1, 0.15) is 12.1 Å². The van der Waals surface area contributed by atoms with Crippen molar-refractivity contribution in [2.75, 3.05) is 18.0 Å². The summed E-state index contributed by atoms with van der Waals surface area (Å²) in [5, 5.41) is 15.4.